The van der Waals surface area contributed by atoms with Gasteiger partial charge in [-0.2, -0.15) is 20.2 Å². The van der Waals surface area contributed by atoms with E-state index >= 15 is 0 Å². The van der Waals surface area contributed by atoms with Crippen LogP contribution in [-0.4, -0.2) is 46.1 Å². The Balaban J connectivity index is 1.12. The number of ether oxygens (including phenoxy) is 1. The maximum Gasteiger partial charge on any atom is 0.251 e. The minimum atomic E-state index is -0.167. The smallest absolute Gasteiger partial charge is 0.251 e. The zero-order valence-corrected chi connectivity index (χ0v) is 24.1. The summed E-state index contributed by atoms with van der Waals surface area (Å²) in [6.07, 6.45) is 2.33. The molecule has 5 aromatic rings. The van der Waals surface area contributed by atoms with Gasteiger partial charge in [0.2, 0.25) is 11.8 Å². The molecule has 2 heterocycles. The van der Waals surface area contributed by atoms with E-state index in [2.05, 4.69) is 30.5 Å². The molecule has 12 heteroatoms. The van der Waals surface area contributed by atoms with Crippen LogP contribution in [0.5, 0.6) is 5.88 Å². The summed E-state index contributed by atoms with van der Waals surface area (Å²) in [7, 11) is 3.97. The summed E-state index contributed by atoms with van der Waals surface area (Å²) in [5.74, 6) is 0.254. The van der Waals surface area contributed by atoms with Crippen molar-refractivity contribution in [3.05, 3.63) is 95.8 Å². The summed E-state index contributed by atoms with van der Waals surface area (Å²) in [6.45, 7) is 1.83. The lowest BCUT2D eigenvalue weighted by Crippen LogP contribution is -2.25. The number of nitrogens with two attached hydrogens (primary N) is 2. The largest absolute Gasteiger partial charge is 0.471 e. The van der Waals surface area contributed by atoms with E-state index in [1.165, 1.54) is 0 Å². The first-order valence-electron chi connectivity index (χ1n) is 13.9. The van der Waals surface area contributed by atoms with Gasteiger partial charge in [0, 0.05) is 45.0 Å². The Kier molecular flexibility index (Phi) is 9.17. The molecule has 5 N–H and O–H groups in total. The first kappa shape index (κ1) is 29.1. The van der Waals surface area contributed by atoms with Gasteiger partial charge in [-0.3, -0.25) is 4.79 Å². The number of imidazole rings is 1. The highest BCUT2D eigenvalue weighted by molar-refractivity contribution is 5.94. The average molecular weight is 579 g/mol. The second kappa shape index (κ2) is 13.5. The number of amides is 1. The van der Waals surface area contributed by atoms with Gasteiger partial charge in [-0.15, -0.1) is 0 Å². The minimum absolute atomic E-state index is 0.0984. The predicted octanol–water partition coefficient (Wildman–Crippen LogP) is 4.75. The van der Waals surface area contributed by atoms with Crippen LogP contribution in [0.1, 0.15) is 27.9 Å². The van der Waals surface area contributed by atoms with Gasteiger partial charge in [0.15, 0.2) is 11.2 Å². The van der Waals surface area contributed by atoms with Crippen molar-refractivity contribution in [1.82, 2.24) is 24.8 Å². The van der Waals surface area contributed by atoms with E-state index in [1.807, 2.05) is 72.1 Å². The summed E-state index contributed by atoms with van der Waals surface area (Å²) >= 11 is 0. The van der Waals surface area contributed by atoms with E-state index in [0.29, 0.717) is 61.0 Å². The number of nitrogens with zero attached hydrogens (tertiary/aromatic N) is 7. The number of hydrogen-bond acceptors (Lipinski definition) is 10. The predicted molar refractivity (Wildman–Crippen MR) is 167 cm³/mol. The number of rotatable bonds is 12. The maximum atomic E-state index is 12.7. The summed E-state index contributed by atoms with van der Waals surface area (Å²) in [5.41, 5.74) is 17.8. The molecule has 0 aliphatic heterocycles. The minimum Gasteiger partial charge on any atom is -0.471 e. The highest BCUT2D eigenvalue weighted by Gasteiger charge is 2.14. The van der Waals surface area contributed by atoms with Crippen molar-refractivity contribution < 1.29 is 9.53 Å². The van der Waals surface area contributed by atoms with Gasteiger partial charge in [0.1, 0.15) is 6.61 Å². The average Bonchev–Trinajstić information content (AvgIpc) is 3.44. The summed E-state index contributed by atoms with van der Waals surface area (Å²) < 4.78 is 7.80. The molecule has 1 amide bonds. The van der Waals surface area contributed by atoms with E-state index in [4.69, 9.17) is 16.2 Å². The molecule has 0 spiro atoms. The molecule has 0 aliphatic carbocycles. The number of aromatic nitrogens is 4. The Bertz CT molecular complexity index is 1700. The van der Waals surface area contributed by atoms with Gasteiger partial charge in [0.25, 0.3) is 5.91 Å². The van der Waals surface area contributed by atoms with Crippen LogP contribution in [-0.2, 0) is 19.7 Å². The van der Waals surface area contributed by atoms with Crippen molar-refractivity contribution in [2.75, 3.05) is 31.3 Å². The van der Waals surface area contributed by atoms with Gasteiger partial charge >= 0.3 is 0 Å². The monoisotopic (exact) mass is 578 g/mol. The topological polar surface area (TPSA) is 162 Å². The first-order valence-corrected chi connectivity index (χ1v) is 13.9. The maximum absolute atomic E-state index is 12.7. The molecule has 0 aliphatic rings. The second-order valence-corrected chi connectivity index (χ2v) is 10.1. The van der Waals surface area contributed by atoms with E-state index in [9.17, 15) is 4.79 Å². The van der Waals surface area contributed by atoms with Crippen LogP contribution in [0.15, 0.2) is 89.4 Å². The standard InChI is InChI=1S/C31H34N10O2/c1-40(2)26-14-12-25(13-15-26)39-38-24-10-8-23(9-11-24)29(42)34-16-3-17-41-20-35-27-28(41)36-31(33)37-30(27)43-19-22-6-4-21(18-32)5-7-22/h4-15,20H,3,16-19,32H2,1-2H3,(H,34,42)(H2,33,36,37)/b39-38+. The molecule has 0 saturated heterocycles. The fourth-order valence-corrected chi connectivity index (χ4v) is 4.29. The quantitative estimate of drug-likeness (QED) is 0.141. The van der Waals surface area contributed by atoms with Crippen molar-refractivity contribution in [2.45, 2.75) is 26.1 Å². The Morgan fingerprint density at radius 3 is 2.23 bits per heavy atom. The molecule has 43 heavy (non-hydrogen) atoms. The van der Waals surface area contributed by atoms with Gasteiger partial charge in [-0.1, -0.05) is 24.3 Å². The van der Waals surface area contributed by atoms with E-state index in [-0.39, 0.29) is 11.9 Å². The molecule has 2 aromatic heterocycles. The Morgan fingerprint density at radius 1 is 0.930 bits per heavy atom. The number of benzene rings is 3. The number of hydrogen-bond donors (Lipinski definition) is 3. The molecule has 0 atom stereocenters. The van der Waals surface area contributed by atoms with Crippen LogP contribution >= 0.6 is 0 Å². The van der Waals surface area contributed by atoms with Gasteiger partial charge < -0.3 is 31.0 Å². The molecule has 0 unspecified atom stereocenters. The number of nitrogens with one attached hydrogen (secondary N) is 1. The Morgan fingerprint density at radius 2 is 1.58 bits per heavy atom. The number of azo groups is 1. The molecule has 0 fully saturated rings. The lowest BCUT2D eigenvalue weighted by molar-refractivity contribution is 0.0953. The number of carbonyl (C=O) groups excluding carboxylic acids is 1. The molecule has 3 aromatic carbocycles. The van der Waals surface area contributed by atoms with Crippen molar-refractivity contribution >= 4 is 40.1 Å². The number of aryl methyl sites for hydroxylation is 1. The number of anilines is 2. The summed E-state index contributed by atoms with van der Waals surface area (Å²) in [5, 5.41) is 11.5. The van der Waals surface area contributed by atoms with Crippen LogP contribution in [0, 0.1) is 0 Å². The van der Waals surface area contributed by atoms with Crippen molar-refractivity contribution in [1.29, 1.82) is 0 Å². The fraction of sp³-hybridized carbons (Fsp3) is 0.226. The Hall–Kier alpha value is -5.36. The molecule has 0 saturated carbocycles. The molecule has 12 nitrogen and oxygen atoms in total. The van der Waals surface area contributed by atoms with Crippen molar-refractivity contribution in [3.63, 3.8) is 0 Å². The molecule has 5 rings (SSSR count). The molecular formula is C31H34N10O2. The third-order valence-corrected chi connectivity index (χ3v) is 6.72. The van der Waals surface area contributed by atoms with E-state index in [1.54, 1.807) is 30.6 Å². The zero-order chi connectivity index (χ0) is 30.2. The van der Waals surface area contributed by atoms with Crippen LogP contribution in [0.2, 0.25) is 0 Å². The van der Waals surface area contributed by atoms with Crippen molar-refractivity contribution in [3.8, 4) is 5.88 Å². The Labute approximate surface area is 249 Å². The van der Waals surface area contributed by atoms with Crippen LogP contribution < -0.4 is 26.4 Å². The third kappa shape index (κ3) is 7.49. The lowest BCUT2D eigenvalue weighted by atomic mass is 10.1. The lowest BCUT2D eigenvalue weighted by Gasteiger charge is -2.11. The van der Waals surface area contributed by atoms with E-state index < -0.39 is 0 Å². The SMILES string of the molecule is CN(C)c1ccc(/N=N/c2ccc(C(=O)NCCCn3cnc4c(OCc5ccc(CN)cc5)nc(N)nc43)cc2)cc1. The number of nitrogen functional groups attached to an aromatic ring is 1. The van der Waals surface area contributed by atoms with Crippen LogP contribution in [0.25, 0.3) is 11.2 Å². The third-order valence-electron chi connectivity index (χ3n) is 6.72. The van der Waals surface area contributed by atoms with E-state index in [0.717, 1.165) is 22.5 Å². The zero-order valence-electron chi connectivity index (χ0n) is 24.1. The van der Waals surface area contributed by atoms with Gasteiger partial charge in [-0.25, -0.2) is 4.98 Å². The summed E-state index contributed by atoms with van der Waals surface area (Å²) in [6, 6.07) is 22.6. The summed E-state index contributed by atoms with van der Waals surface area (Å²) in [4.78, 5) is 27.7. The molecule has 220 valence electrons. The first-order chi connectivity index (χ1) is 20.9. The highest BCUT2D eigenvalue weighted by Crippen LogP contribution is 2.24. The van der Waals surface area contributed by atoms with Crippen LogP contribution in [0.3, 0.4) is 0 Å². The van der Waals surface area contributed by atoms with Gasteiger partial charge in [0.05, 0.1) is 17.7 Å². The highest BCUT2D eigenvalue weighted by atomic mass is 16.5. The normalized spacial score (nSPS) is 11.2. The molecule has 0 radical (unpaired) electrons. The van der Waals surface area contributed by atoms with Crippen LogP contribution in [0.4, 0.5) is 23.0 Å². The number of fused-ring (bicyclic) bond motifs is 1. The fourth-order valence-electron chi connectivity index (χ4n) is 4.29. The second-order valence-electron chi connectivity index (χ2n) is 10.1. The number of carbonyl (C=O) groups is 1. The van der Waals surface area contributed by atoms with Gasteiger partial charge in [-0.05, 0) is 66.1 Å². The molecular weight excluding hydrogens is 544 g/mol. The van der Waals surface area contributed by atoms with Crippen molar-refractivity contribution in [2.24, 2.45) is 16.0 Å². The molecule has 0 bridgehead atoms.